The molecule has 1 aromatic heterocycles. The summed E-state index contributed by atoms with van der Waals surface area (Å²) in [5, 5.41) is 25.4. The molecule has 0 saturated carbocycles. The van der Waals surface area contributed by atoms with E-state index < -0.39 is 102 Å². The van der Waals surface area contributed by atoms with Gasteiger partial charge in [0.15, 0.2) is 24.0 Å². The topological polar surface area (TPSA) is 533 Å². The van der Waals surface area contributed by atoms with Gasteiger partial charge in [-0.3, -0.25) is 33.6 Å². The number of rotatable bonds is 20. The van der Waals surface area contributed by atoms with Crippen molar-refractivity contribution in [3.63, 3.8) is 0 Å². The summed E-state index contributed by atoms with van der Waals surface area (Å²) in [5.41, 5.74) is 49.0. The van der Waals surface area contributed by atoms with Gasteiger partial charge in [0.1, 0.15) is 6.04 Å². The number of guanidine groups is 3. The van der Waals surface area contributed by atoms with Crippen LogP contribution in [0.1, 0.15) is 18.5 Å². The lowest BCUT2D eigenvalue weighted by molar-refractivity contribution is -0.135. The lowest BCUT2D eigenvalue weighted by atomic mass is 10.1. The van der Waals surface area contributed by atoms with Crippen LogP contribution in [0.25, 0.3) is 0 Å². The maximum atomic E-state index is 13.7. The van der Waals surface area contributed by atoms with Crippen molar-refractivity contribution in [1.29, 1.82) is 0 Å². The van der Waals surface area contributed by atoms with Gasteiger partial charge in [-0.05, 0) is 18.6 Å². The summed E-state index contributed by atoms with van der Waals surface area (Å²) in [6.45, 7) is 1.24. The molecule has 0 saturated heterocycles. The molecule has 0 aliphatic carbocycles. The van der Waals surface area contributed by atoms with Gasteiger partial charge in [-0.15, -0.1) is 0 Å². The lowest BCUT2D eigenvalue weighted by Crippen LogP contribution is -2.60. The molecule has 1 aromatic carbocycles. The fourth-order valence-corrected chi connectivity index (χ4v) is 4.17. The van der Waals surface area contributed by atoms with Crippen LogP contribution in [0.4, 0.5) is 5.95 Å². The van der Waals surface area contributed by atoms with Gasteiger partial charge in [0.05, 0.1) is 5.84 Å². The van der Waals surface area contributed by atoms with Crippen LogP contribution in [0, 0.1) is 0 Å². The first-order chi connectivity index (χ1) is 27.7. The molecule has 59 heavy (non-hydrogen) atoms. The summed E-state index contributed by atoms with van der Waals surface area (Å²) >= 11 is 0. The van der Waals surface area contributed by atoms with Gasteiger partial charge in [0.25, 0.3) is 35.4 Å². The lowest BCUT2D eigenvalue weighted by Gasteiger charge is -2.24. The number of aromatic nitrogens is 2. The molecule has 0 fully saturated rings. The first kappa shape index (κ1) is 46.7. The Morgan fingerprint density at radius 1 is 0.559 bits per heavy atom. The molecular weight excluding hydrogens is 784 g/mol. The third-order valence-corrected chi connectivity index (χ3v) is 6.64. The minimum absolute atomic E-state index is 0.125. The number of aliphatic hydroxyl groups is 1. The number of carbonyl (C=O) groups excluding carboxylic acids is 7. The fraction of sp³-hybridized carbons (Fsp3) is 0.276. The highest BCUT2D eigenvalue weighted by atomic mass is 16.3. The van der Waals surface area contributed by atoms with Crippen molar-refractivity contribution in [3.8, 4) is 0 Å². The standard InChI is InChI=1S/C29H44N22O8/c1-10(30)41-15(20(54)43-13(31)14(32)52)45-22(56)17(49-27(35)36)47-23(57)18(50-28(37)38)46-21(55)16(48-26(33)34)44-19(53)12(11-6-3-2-4-7-11)42-24(58)25(59)51-29-39-8-5-9-40-29/h2-9,12-13,15-18,25,59H,31H2,1H3,(H2,30,41)(H2,32,52)(H,42,58)(H,43,54)(H,44,53)(H,45,56)(H,46,55)(H,47,57)(H4,33,34,48)(H4,35,36,49)(H4,37,38,50)(H,39,40,51). The summed E-state index contributed by atoms with van der Waals surface area (Å²) in [7, 11) is 0. The third-order valence-electron chi connectivity index (χ3n) is 6.64. The second kappa shape index (κ2) is 22.2. The Morgan fingerprint density at radius 2 is 0.966 bits per heavy atom. The molecular formula is C29H44N22O8. The minimum atomic E-state index is -2.16. The fourth-order valence-electron chi connectivity index (χ4n) is 4.17. The monoisotopic (exact) mass is 828 g/mol. The number of hydrogen-bond acceptors (Lipinski definition) is 16. The number of nitrogens with two attached hydrogens (primary N) is 9. The molecule has 7 atom stereocenters. The average molecular weight is 829 g/mol. The van der Waals surface area contributed by atoms with Crippen LogP contribution >= 0.6 is 0 Å². The Morgan fingerprint density at radius 3 is 1.37 bits per heavy atom. The van der Waals surface area contributed by atoms with Crippen LogP contribution < -0.4 is 88.8 Å². The number of primary amides is 1. The number of benzene rings is 1. The molecule has 30 heteroatoms. The molecule has 0 radical (unpaired) electrons. The Balaban J connectivity index is 2.38. The average Bonchev–Trinajstić information content (AvgIpc) is 3.15. The number of nitrogens with zero attached hydrogens (tertiary/aromatic N) is 6. The van der Waals surface area contributed by atoms with Gasteiger partial charge in [0.2, 0.25) is 42.7 Å². The van der Waals surface area contributed by atoms with E-state index in [1.54, 1.807) is 6.07 Å². The van der Waals surface area contributed by atoms with Crippen molar-refractivity contribution in [3.05, 3.63) is 54.4 Å². The van der Waals surface area contributed by atoms with E-state index in [2.05, 4.69) is 56.5 Å². The Bertz CT molecular complexity index is 1950. The number of aliphatic hydroxyl groups excluding tert-OH is 1. The van der Waals surface area contributed by atoms with Crippen LogP contribution in [0.3, 0.4) is 0 Å². The van der Waals surface area contributed by atoms with Crippen molar-refractivity contribution >= 4 is 71.0 Å². The third kappa shape index (κ3) is 16.1. The normalized spacial score (nSPS) is 14.3. The predicted molar refractivity (Wildman–Crippen MR) is 207 cm³/mol. The summed E-state index contributed by atoms with van der Waals surface area (Å²) in [5.74, 6) is -11.4. The van der Waals surface area contributed by atoms with Gasteiger partial charge >= 0.3 is 0 Å². The predicted octanol–water partition coefficient (Wildman–Crippen LogP) is -10.1. The zero-order valence-electron chi connectivity index (χ0n) is 30.8. The highest BCUT2D eigenvalue weighted by molar-refractivity contribution is 5.99. The molecule has 26 N–H and O–H groups in total. The van der Waals surface area contributed by atoms with E-state index in [0.717, 1.165) is 0 Å². The van der Waals surface area contributed by atoms with Crippen molar-refractivity contribution < 1.29 is 38.7 Å². The van der Waals surface area contributed by atoms with E-state index in [1.807, 2.05) is 10.6 Å². The minimum Gasteiger partial charge on any atom is -0.388 e. The smallest absolute Gasteiger partial charge is 0.270 e. The van der Waals surface area contributed by atoms with Gasteiger partial charge in [-0.2, -0.15) is 0 Å². The van der Waals surface area contributed by atoms with E-state index in [9.17, 15) is 38.7 Å². The summed E-state index contributed by atoms with van der Waals surface area (Å²) in [4.78, 5) is 113. The number of anilines is 1. The van der Waals surface area contributed by atoms with Crippen molar-refractivity contribution in [2.75, 3.05) is 5.32 Å². The number of aliphatic imine (C=N–C) groups is 4. The maximum Gasteiger partial charge on any atom is 0.270 e. The van der Waals surface area contributed by atoms with E-state index in [4.69, 9.17) is 51.6 Å². The zero-order valence-corrected chi connectivity index (χ0v) is 30.8. The molecule has 2 aromatic rings. The molecule has 1 heterocycles. The van der Waals surface area contributed by atoms with Gasteiger partial charge in [0, 0.05) is 12.4 Å². The van der Waals surface area contributed by atoms with Crippen molar-refractivity contribution in [2.45, 2.75) is 50.0 Å². The summed E-state index contributed by atoms with van der Waals surface area (Å²) < 4.78 is 0. The molecule has 0 aliphatic heterocycles. The van der Waals surface area contributed by atoms with Crippen LogP contribution in [0.5, 0.6) is 0 Å². The van der Waals surface area contributed by atoms with E-state index in [0.29, 0.717) is 0 Å². The van der Waals surface area contributed by atoms with E-state index >= 15 is 0 Å². The second-order valence-corrected chi connectivity index (χ2v) is 11.4. The molecule has 318 valence electrons. The van der Waals surface area contributed by atoms with Gasteiger partial charge in [-0.25, -0.2) is 29.9 Å². The van der Waals surface area contributed by atoms with Crippen molar-refractivity contribution in [2.24, 2.45) is 71.6 Å². The van der Waals surface area contributed by atoms with Crippen molar-refractivity contribution in [1.82, 2.24) is 41.9 Å². The van der Waals surface area contributed by atoms with E-state index in [1.165, 1.54) is 49.6 Å². The zero-order chi connectivity index (χ0) is 44.4. The second-order valence-electron chi connectivity index (χ2n) is 11.4. The Hall–Kier alpha value is -8.41. The highest BCUT2D eigenvalue weighted by Gasteiger charge is 2.34. The molecule has 7 unspecified atom stereocenters. The molecule has 0 spiro atoms. The number of hydrogen-bond donors (Lipinski definition) is 17. The quantitative estimate of drug-likeness (QED) is 0.0335. The van der Waals surface area contributed by atoms with Crippen LogP contribution in [0.2, 0.25) is 0 Å². The first-order valence-electron chi connectivity index (χ1n) is 16.4. The molecule has 7 amide bonds. The Labute approximate surface area is 332 Å². The molecule has 0 aliphatic rings. The van der Waals surface area contributed by atoms with Crippen LogP contribution in [-0.4, -0.2) is 117 Å². The maximum absolute atomic E-state index is 13.7. The summed E-state index contributed by atoms with van der Waals surface area (Å²) in [6.07, 6.45) is -9.27. The SMILES string of the molecule is CC(N)=NC(NC(=O)C(N=C(N)N)NC(=O)C(N=C(N)N)NC(=O)C(N=C(N)N)NC(=O)C(NC(=O)C(O)Nc1ncccn1)c1ccccc1)C(=O)NC(N)C(N)=O. The molecule has 0 bridgehead atoms. The number of amidine groups is 1. The molecule has 30 nitrogen and oxygen atoms in total. The number of carbonyl (C=O) groups is 7. The van der Waals surface area contributed by atoms with Crippen LogP contribution in [-0.2, 0) is 33.6 Å². The van der Waals surface area contributed by atoms with Crippen LogP contribution in [0.15, 0.2) is 68.8 Å². The largest absolute Gasteiger partial charge is 0.388 e. The first-order valence-corrected chi connectivity index (χ1v) is 16.4. The summed E-state index contributed by atoms with van der Waals surface area (Å²) in [6, 6.07) is 7.35. The van der Waals surface area contributed by atoms with Gasteiger partial charge in [-0.1, -0.05) is 30.3 Å². The number of nitrogens with one attached hydrogen (secondary N) is 7. The Kier molecular flexibility index (Phi) is 17.6. The number of amides is 7. The highest BCUT2D eigenvalue weighted by Crippen LogP contribution is 2.14. The van der Waals surface area contributed by atoms with Gasteiger partial charge < -0.3 is 93.9 Å². The molecule has 2 rings (SSSR count). The van der Waals surface area contributed by atoms with E-state index in [-0.39, 0.29) is 17.3 Å².